The van der Waals surface area contributed by atoms with Gasteiger partial charge in [0.15, 0.2) is 8.32 Å². The summed E-state index contributed by atoms with van der Waals surface area (Å²) in [6.07, 6.45) is -5.65. The molecule has 0 saturated carbocycles. The first-order valence-corrected chi connectivity index (χ1v) is 13.2. The summed E-state index contributed by atoms with van der Waals surface area (Å²) >= 11 is 0. The lowest BCUT2D eigenvalue weighted by molar-refractivity contribution is -0.137. The molecule has 0 unspecified atom stereocenters. The SMILES string of the molecule is CC(C)(C)N(C(=O)O)[C@@H](CO[Si](C)(C)C(C)(C)C)[C@H](CO)c1ccc(C(F)(F)F)cc1. The van der Waals surface area contributed by atoms with Gasteiger partial charge in [0.2, 0.25) is 0 Å². The Labute approximate surface area is 184 Å². The number of carbonyl (C=O) groups is 1. The highest BCUT2D eigenvalue weighted by atomic mass is 28.4. The molecule has 5 nitrogen and oxygen atoms in total. The number of aliphatic hydroxyl groups is 1. The normalized spacial score (nSPS) is 15.5. The van der Waals surface area contributed by atoms with E-state index in [2.05, 4.69) is 20.8 Å². The molecule has 0 radical (unpaired) electrons. The summed E-state index contributed by atoms with van der Waals surface area (Å²) in [6, 6.07) is 3.71. The van der Waals surface area contributed by atoms with Crippen molar-refractivity contribution in [3.63, 3.8) is 0 Å². The van der Waals surface area contributed by atoms with Gasteiger partial charge >= 0.3 is 12.3 Å². The van der Waals surface area contributed by atoms with Crippen molar-refractivity contribution >= 4 is 14.4 Å². The Morgan fingerprint density at radius 2 is 1.55 bits per heavy atom. The quantitative estimate of drug-likeness (QED) is 0.490. The fourth-order valence-corrected chi connectivity index (χ4v) is 4.20. The summed E-state index contributed by atoms with van der Waals surface area (Å²) in [5.74, 6) is -0.748. The number of rotatable bonds is 7. The first-order valence-electron chi connectivity index (χ1n) is 10.3. The summed E-state index contributed by atoms with van der Waals surface area (Å²) < 4.78 is 45.2. The maximum Gasteiger partial charge on any atom is 0.416 e. The van der Waals surface area contributed by atoms with Gasteiger partial charge in [0.1, 0.15) is 0 Å². The molecule has 0 aromatic heterocycles. The van der Waals surface area contributed by atoms with Crippen molar-refractivity contribution in [3.05, 3.63) is 35.4 Å². The Kier molecular flexibility index (Phi) is 8.41. The molecule has 0 heterocycles. The molecule has 1 aromatic rings. The molecule has 31 heavy (non-hydrogen) atoms. The molecule has 0 fully saturated rings. The third kappa shape index (κ3) is 6.95. The van der Waals surface area contributed by atoms with Crippen molar-refractivity contribution in [1.82, 2.24) is 4.90 Å². The van der Waals surface area contributed by atoms with E-state index in [1.54, 1.807) is 20.8 Å². The molecule has 0 aliphatic rings. The highest BCUT2D eigenvalue weighted by Gasteiger charge is 2.42. The first-order chi connectivity index (χ1) is 13.8. The number of halogens is 3. The number of nitrogens with zero attached hydrogens (tertiary/aromatic N) is 1. The van der Waals surface area contributed by atoms with E-state index in [0.717, 1.165) is 12.1 Å². The second-order valence-corrected chi connectivity index (χ2v) is 15.2. The van der Waals surface area contributed by atoms with Crippen LogP contribution in [0.3, 0.4) is 0 Å². The second-order valence-electron chi connectivity index (χ2n) is 10.4. The minimum absolute atomic E-state index is 0.0340. The lowest BCUT2D eigenvalue weighted by Gasteiger charge is -2.45. The maximum absolute atomic E-state index is 13.0. The van der Waals surface area contributed by atoms with E-state index in [0.29, 0.717) is 5.56 Å². The minimum atomic E-state index is -4.48. The third-order valence-electron chi connectivity index (χ3n) is 6.01. The zero-order valence-electron chi connectivity index (χ0n) is 19.7. The van der Waals surface area contributed by atoms with Crippen molar-refractivity contribution < 1.29 is 32.6 Å². The Morgan fingerprint density at radius 1 is 1.06 bits per heavy atom. The Hall–Kier alpha value is -1.58. The highest BCUT2D eigenvalue weighted by Crippen LogP contribution is 2.38. The van der Waals surface area contributed by atoms with Crippen LogP contribution >= 0.6 is 0 Å². The van der Waals surface area contributed by atoms with Crippen LogP contribution in [-0.2, 0) is 10.6 Å². The Bertz CT molecular complexity index is 737. The van der Waals surface area contributed by atoms with E-state index in [4.69, 9.17) is 4.43 Å². The predicted octanol–water partition coefficient (Wildman–Crippen LogP) is 5.95. The highest BCUT2D eigenvalue weighted by molar-refractivity contribution is 6.74. The smallest absolute Gasteiger partial charge is 0.416 e. The van der Waals surface area contributed by atoms with Gasteiger partial charge < -0.3 is 14.6 Å². The number of benzene rings is 1. The number of hydrogen-bond donors (Lipinski definition) is 2. The van der Waals surface area contributed by atoms with Crippen LogP contribution in [0.4, 0.5) is 18.0 Å². The van der Waals surface area contributed by atoms with E-state index in [-0.39, 0.29) is 11.6 Å². The number of alkyl halides is 3. The van der Waals surface area contributed by atoms with Crippen LogP contribution in [0.1, 0.15) is 58.6 Å². The lowest BCUT2D eigenvalue weighted by Crippen LogP contribution is -2.57. The minimum Gasteiger partial charge on any atom is -0.465 e. The number of amides is 1. The maximum atomic E-state index is 13.0. The second kappa shape index (κ2) is 9.50. The summed E-state index contributed by atoms with van der Waals surface area (Å²) in [7, 11) is -2.25. The van der Waals surface area contributed by atoms with Gasteiger partial charge in [-0.3, -0.25) is 4.90 Å². The third-order valence-corrected chi connectivity index (χ3v) is 10.5. The molecule has 1 amide bonds. The van der Waals surface area contributed by atoms with Crippen LogP contribution in [0.15, 0.2) is 24.3 Å². The molecule has 178 valence electrons. The fraction of sp³-hybridized carbons (Fsp3) is 0.682. The van der Waals surface area contributed by atoms with Crippen molar-refractivity contribution in [2.45, 2.75) is 83.3 Å². The first kappa shape index (κ1) is 27.5. The standard InChI is InChI=1S/C22H36F3NO4Si/c1-20(2,3)26(19(28)29)18(14-30-31(7,8)21(4,5)6)17(13-27)15-9-11-16(12-10-15)22(23,24)25/h9-12,17-18,27H,13-14H2,1-8H3,(H,28,29)/t17-,18+/m1/s1. The molecule has 9 heteroatoms. The van der Waals surface area contributed by atoms with Crippen LogP contribution in [-0.4, -0.2) is 54.3 Å². The van der Waals surface area contributed by atoms with Crippen molar-refractivity contribution in [1.29, 1.82) is 0 Å². The topological polar surface area (TPSA) is 70.0 Å². The number of aliphatic hydroxyl groups excluding tert-OH is 1. The van der Waals surface area contributed by atoms with E-state index >= 15 is 0 Å². The van der Waals surface area contributed by atoms with Crippen molar-refractivity contribution in [3.8, 4) is 0 Å². The monoisotopic (exact) mass is 463 g/mol. The van der Waals surface area contributed by atoms with Crippen LogP contribution < -0.4 is 0 Å². The van der Waals surface area contributed by atoms with Crippen LogP contribution in [0, 0.1) is 0 Å². The summed E-state index contributed by atoms with van der Waals surface area (Å²) in [4.78, 5) is 13.4. The number of carboxylic acid groups (broad SMARTS) is 1. The molecule has 1 aromatic carbocycles. The lowest BCUT2D eigenvalue weighted by atomic mass is 9.88. The van der Waals surface area contributed by atoms with E-state index < -0.39 is 50.3 Å². The van der Waals surface area contributed by atoms with Gasteiger partial charge in [0.25, 0.3) is 0 Å². The van der Waals surface area contributed by atoms with Gasteiger partial charge in [-0.1, -0.05) is 32.9 Å². The van der Waals surface area contributed by atoms with Gasteiger partial charge in [-0.05, 0) is 56.6 Å². The molecule has 0 aliphatic heterocycles. The summed E-state index contributed by atoms with van der Waals surface area (Å²) in [5, 5.41) is 20.0. The average Bonchev–Trinajstić information content (AvgIpc) is 2.57. The van der Waals surface area contributed by atoms with Crippen LogP contribution in [0.25, 0.3) is 0 Å². The molecular formula is C22H36F3NO4Si. The molecule has 2 atom stereocenters. The molecule has 0 saturated heterocycles. The van der Waals surface area contributed by atoms with E-state index in [9.17, 15) is 28.2 Å². The molecule has 0 bridgehead atoms. The van der Waals surface area contributed by atoms with E-state index in [1.165, 1.54) is 17.0 Å². The summed E-state index contributed by atoms with van der Waals surface area (Å²) in [6.45, 7) is 15.1. The Balaban J connectivity index is 3.43. The van der Waals surface area contributed by atoms with Gasteiger partial charge in [-0.25, -0.2) is 4.79 Å². The fourth-order valence-electron chi connectivity index (χ4n) is 3.18. The zero-order chi connectivity index (χ0) is 24.4. The molecule has 1 rings (SSSR count). The van der Waals surface area contributed by atoms with Crippen LogP contribution in [0.5, 0.6) is 0 Å². The van der Waals surface area contributed by atoms with Gasteiger partial charge in [-0.15, -0.1) is 0 Å². The van der Waals surface area contributed by atoms with Crippen LogP contribution in [0.2, 0.25) is 18.1 Å². The predicted molar refractivity (Wildman–Crippen MR) is 118 cm³/mol. The average molecular weight is 464 g/mol. The molecule has 2 N–H and O–H groups in total. The largest absolute Gasteiger partial charge is 0.465 e. The number of hydrogen-bond acceptors (Lipinski definition) is 3. The molecule has 0 spiro atoms. The molecular weight excluding hydrogens is 427 g/mol. The van der Waals surface area contributed by atoms with Crippen molar-refractivity contribution in [2.24, 2.45) is 0 Å². The van der Waals surface area contributed by atoms with Gasteiger partial charge in [0.05, 0.1) is 24.8 Å². The molecule has 0 aliphatic carbocycles. The van der Waals surface area contributed by atoms with E-state index in [1.807, 2.05) is 13.1 Å². The van der Waals surface area contributed by atoms with Gasteiger partial charge in [-0.2, -0.15) is 13.2 Å². The van der Waals surface area contributed by atoms with Gasteiger partial charge in [0, 0.05) is 11.5 Å². The van der Waals surface area contributed by atoms with Crippen molar-refractivity contribution in [2.75, 3.05) is 13.2 Å². The summed E-state index contributed by atoms with van der Waals surface area (Å²) in [5.41, 5.74) is -1.19. The zero-order valence-corrected chi connectivity index (χ0v) is 20.7. The Morgan fingerprint density at radius 3 is 1.87 bits per heavy atom.